The maximum atomic E-state index is 11.0. The smallest absolute Gasteiger partial charge is 0.119 e. The van der Waals surface area contributed by atoms with Gasteiger partial charge in [0.1, 0.15) is 5.75 Å². The molecular weight excluding hydrogens is 250 g/mol. The lowest BCUT2D eigenvalue weighted by Crippen LogP contribution is -2.57. The van der Waals surface area contributed by atoms with E-state index >= 15 is 0 Å². The van der Waals surface area contributed by atoms with E-state index in [0.29, 0.717) is 12.1 Å². The Bertz CT molecular complexity index is 460. The van der Waals surface area contributed by atoms with Gasteiger partial charge in [-0.05, 0) is 50.4 Å². The first kappa shape index (κ1) is 13.9. The van der Waals surface area contributed by atoms with Crippen molar-refractivity contribution < 1.29 is 9.84 Å². The number of aliphatic hydroxyl groups is 1. The largest absolute Gasteiger partial charge is 0.497 e. The van der Waals surface area contributed by atoms with Crippen LogP contribution >= 0.6 is 0 Å². The van der Waals surface area contributed by atoms with E-state index < -0.39 is 5.60 Å². The third-order valence-corrected chi connectivity index (χ3v) is 5.13. The summed E-state index contributed by atoms with van der Waals surface area (Å²) in [6.45, 7) is 0. The number of benzene rings is 1. The van der Waals surface area contributed by atoms with Gasteiger partial charge in [-0.3, -0.25) is 0 Å². The summed E-state index contributed by atoms with van der Waals surface area (Å²) in [5.74, 6) is 0.874. The first-order valence-electron chi connectivity index (χ1n) is 7.67. The Morgan fingerprint density at radius 1 is 1.30 bits per heavy atom. The molecule has 1 N–H and O–H groups in total. The minimum atomic E-state index is -0.547. The van der Waals surface area contributed by atoms with Crippen LogP contribution in [0.15, 0.2) is 24.3 Å². The second-order valence-corrected chi connectivity index (χ2v) is 6.56. The molecule has 0 aromatic heterocycles. The maximum absolute atomic E-state index is 11.0. The van der Waals surface area contributed by atoms with Gasteiger partial charge in [0.05, 0.1) is 12.7 Å². The van der Waals surface area contributed by atoms with Gasteiger partial charge in [-0.2, -0.15) is 0 Å². The van der Waals surface area contributed by atoms with Crippen molar-refractivity contribution >= 4 is 0 Å². The second-order valence-electron chi connectivity index (χ2n) is 6.56. The predicted molar refractivity (Wildman–Crippen MR) is 80.1 cm³/mol. The molecule has 0 saturated carbocycles. The Morgan fingerprint density at radius 2 is 2.00 bits per heavy atom. The minimum absolute atomic E-state index is 0.547. The van der Waals surface area contributed by atoms with Gasteiger partial charge in [-0.25, -0.2) is 0 Å². The third-order valence-electron chi connectivity index (χ3n) is 5.13. The summed E-state index contributed by atoms with van der Waals surface area (Å²) in [4.78, 5) is 2.49. The second kappa shape index (κ2) is 5.38. The minimum Gasteiger partial charge on any atom is -0.497 e. The molecule has 2 aliphatic rings. The van der Waals surface area contributed by atoms with Crippen LogP contribution in [0.4, 0.5) is 0 Å². The Balaban J connectivity index is 1.75. The quantitative estimate of drug-likeness (QED) is 0.920. The molecule has 2 heterocycles. The number of rotatable bonds is 3. The van der Waals surface area contributed by atoms with E-state index in [1.54, 1.807) is 7.11 Å². The molecule has 0 amide bonds. The first-order valence-corrected chi connectivity index (χ1v) is 7.67. The fourth-order valence-corrected chi connectivity index (χ4v) is 4.05. The van der Waals surface area contributed by atoms with Gasteiger partial charge >= 0.3 is 0 Å². The van der Waals surface area contributed by atoms with E-state index in [-0.39, 0.29) is 0 Å². The summed E-state index contributed by atoms with van der Waals surface area (Å²) in [5.41, 5.74) is 0.628. The van der Waals surface area contributed by atoms with Crippen LogP contribution in [0.2, 0.25) is 0 Å². The van der Waals surface area contributed by atoms with E-state index in [0.717, 1.165) is 25.0 Å². The molecule has 2 unspecified atom stereocenters. The van der Waals surface area contributed by atoms with Crippen molar-refractivity contribution in [2.75, 3.05) is 14.2 Å². The maximum Gasteiger partial charge on any atom is 0.119 e. The standard InChI is InChI=1S/C17H25NO2/c1-18-14-6-4-7-15(18)12-17(19,11-14)10-13-5-3-8-16(9-13)20-2/h3,5,8-9,14-15,19H,4,6-7,10-12H2,1-2H3. The zero-order valence-electron chi connectivity index (χ0n) is 12.5. The monoisotopic (exact) mass is 275 g/mol. The average Bonchev–Trinajstić information content (AvgIpc) is 2.41. The molecule has 2 aliphatic heterocycles. The van der Waals surface area contributed by atoms with E-state index in [9.17, 15) is 5.11 Å². The molecule has 110 valence electrons. The van der Waals surface area contributed by atoms with Crippen LogP contribution in [0.1, 0.15) is 37.7 Å². The summed E-state index contributed by atoms with van der Waals surface area (Å²) in [5, 5.41) is 11.0. The summed E-state index contributed by atoms with van der Waals surface area (Å²) < 4.78 is 5.28. The van der Waals surface area contributed by atoms with Gasteiger partial charge in [-0.15, -0.1) is 0 Å². The number of hydrogen-bond acceptors (Lipinski definition) is 3. The van der Waals surface area contributed by atoms with Crippen molar-refractivity contribution in [3.05, 3.63) is 29.8 Å². The number of piperidine rings is 2. The van der Waals surface area contributed by atoms with Crippen molar-refractivity contribution in [3.63, 3.8) is 0 Å². The Morgan fingerprint density at radius 3 is 2.65 bits per heavy atom. The van der Waals surface area contributed by atoms with Crippen LogP contribution in [-0.2, 0) is 6.42 Å². The number of methoxy groups -OCH3 is 1. The van der Waals surface area contributed by atoms with Crippen LogP contribution in [0.3, 0.4) is 0 Å². The van der Waals surface area contributed by atoms with E-state index in [4.69, 9.17) is 4.74 Å². The fraction of sp³-hybridized carbons (Fsp3) is 0.647. The van der Waals surface area contributed by atoms with Gasteiger partial charge in [-0.1, -0.05) is 18.6 Å². The Hall–Kier alpha value is -1.06. The molecular formula is C17H25NO2. The van der Waals surface area contributed by atoms with Crippen LogP contribution < -0.4 is 4.74 Å². The van der Waals surface area contributed by atoms with Gasteiger partial charge in [0.2, 0.25) is 0 Å². The van der Waals surface area contributed by atoms with Gasteiger partial charge < -0.3 is 14.7 Å². The highest BCUT2D eigenvalue weighted by molar-refractivity contribution is 5.29. The lowest BCUT2D eigenvalue weighted by molar-refractivity contribution is -0.0820. The Kier molecular flexibility index (Phi) is 3.74. The molecule has 20 heavy (non-hydrogen) atoms. The molecule has 3 heteroatoms. The molecule has 2 bridgehead atoms. The van der Waals surface area contributed by atoms with Gasteiger partial charge in [0.25, 0.3) is 0 Å². The lowest BCUT2D eigenvalue weighted by atomic mass is 9.73. The number of hydrogen-bond donors (Lipinski definition) is 1. The van der Waals surface area contributed by atoms with Crippen molar-refractivity contribution in [2.45, 2.75) is 56.2 Å². The number of nitrogens with zero attached hydrogens (tertiary/aromatic N) is 1. The summed E-state index contributed by atoms with van der Waals surface area (Å²) in [7, 11) is 3.91. The van der Waals surface area contributed by atoms with Crippen LogP contribution in [0.5, 0.6) is 5.75 Å². The summed E-state index contributed by atoms with van der Waals surface area (Å²) in [6, 6.07) is 9.21. The normalized spacial score (nSPS) is 34.0. The average molecular weight is 275 g/mol. The van der Waals surface area contributed by atoms with Crippen LogP contribution in [0, 0.1) is 0 Å². The van der Waals surface area contributed by atoms with Crippen molar-refractivity contribution in [1.82, 2.24) is 4.90 Å². The van der Waals surface area contributed by atoms with Crippen molar-refractivity contribution in [2.24, 2.45) is 0 Å². The summed E-state index contributed by atoms with van der Waals surface area (Å²) in [6.07, 6.45) is 6.31. The number of fused-ring (bicyclic) bond motifs is 2. The topological polar surface area (TPSA) is 32.7 Å². The van der Waals surface area contributed by atoms with Crippen molar-refractivity contribution in [1.29, 1.82) is 0 Å². The first-order chi connectivity index (χ1) is 9.59. The molecule has 1 aromatic rings. The molecule has 2 atom stereocenters. The highest BCUT2D eigenvalue weighted by Gasteiger charge is 2.43. The van der Waals surface area contributed by atoms with Crippen LogP contribution in [-0.4, -0.2) is 41.8 Å². The zero-order valence-corrected chi connectivity index (χ0v) is 12.5. The molecule has 2 fully saturated rings. The van der Waals surface area contributed by atoms with E-state index in [2.05, 4.69) is 18.0 Å². The molecule has 1 aromatic carbocycles. The summed E-state index contributed by atoms with van der Waals surface area (Å²) >= 11 is 0. The molecule has 0 radical (unpaired) electrons. The fourth-order valence-electron chi connectivity index (χ4n) is 4.05. The van der Waals surface area contributed by atoms with Gasteiger partial charge in [0.15, 0.2) is 0 Å². The van der Waals surface area contributed by atoms with Crippen molar-refractivity contribution in [3.8, 4) is 5.75 Å². The highest BCUT2D eigenvalue weighted by atomic mass is 16.5. The van der Waals surface area contributed by atoms with Crippen LogP contribution in [0.25, 0.3) is 0 Å². The zero-order chi connectivity index (χ0) is 14.2. The lowest BCUT2D eigenvalue weighted by Gasteiger charge is -2.50. The highest BCUT2D eigenvalue weighted by Crippen LogP contribution is 2.39. The molecule has 0 spiro atoms. The predicted octanol–water partition coefficient (Wildman–Crippen LogP) is 2.62. The molecule has 3 rings (SSSR count). The van der Waals surface area contributed by atoms with E-state index in [1.165, 1.54) is 24.8 Å². The number of ether oxygens (including phenoxy) is 1. The van der Waals surface area contributed by atoms with Gasteiger partial charge in [0, 0.05) is 18.5 Å². The Labute approximate surface area is 121 Å². The molecule has 2 saturated heterocycles. The van der Waals surface area contributed by atoms with E-state index in [1.807, 2.05) is 18.2 Å². The third kappa shape index (κ3) is 2.70. The SMILES string of the molecule is COc1cccc(CC2(O)CC3CCCC(C2)N3C)c1. The molecule has 0 aliphatic carbocycles. The molecule has 3 nitrogen and oxygen atoms in total.